The van der Waals surface area contributed by atoms with Crippen molar-refractivity contribution in [2.24, 2.45) is 5.41 Å². The van der Waals surface area contributed by atoms with Gasteiger partial charge in [0.1, 0.15) is 11.2 Å². The molecule has 0 unspecified atom stereocenters. The summed E-state index contributed by atoms with van der Waals surface area (Å²) in [6, 6.07) is 18.3. The van der Waals surface area contributed by atoms with Crippen LogP contribution < -0.4 is 10.6 Å². The average Bonchev–Trinajstić information content (AvgIpc) is 3.89. The van der Waals surface area contributed by atoms with Gasteiger partial charge in [-0.1, -0.05) is 18.6 Å². The second-order valence-corrected chi connectivity index (χ2v) is 14.0. The molecule has 0 radical (unpaired) electrons. The van der Waals surface area contributed by atoms with Crippen molar-refractivity contribution in [2.45, 2.75) is 58.3 Å². The quantitative estimate of drug-likeness (QED) is 0.0843. The largest absolute Gasteiger partial charge is 0.379 e. The molecule has 3 aromatic carbocycles. The molecule has 2 fully saturated rings. The molecule has 1 saturated heterocycles. The maximum absolute atomic E-state index is 13.2. The Hall–Kier alpha value is -3.41. The van der Waals surface area contributed by atoms with Crippen LogP contribution in [0.4, 0.5) is 15.8 Å². The van der Waals surface area contributed by atoms with Crippen molar-refractivity contribution < 1.29 is 18.7 Å². The molecule has 47 heavy (non-hydrogen) atoms. The predicted molar refractivity (Wildman–Crippen MR) is 193 cm³/mol. The van der Waals surface area contributed by atoms with Crippen LogP contribution in [0.15, 0.2) is 66.9 Å². The lowest BCUT2D eigenvalue weighted by Crippen LogP contribution is -2.36. The summed E-state index contributed by atoms with van der Waals surface area (Å²) in [5.74, 6) is -1.05. The van der Waals surface area contributed by atoms with Gasteiger partial charge in [-0.2, -0.15) is 0 Å². The Morgan fingerprint density at radius 1 is 0.894 bits per heavy atom. The molecule has 2 heterocycles. The summed E-state index contributed by atoms with van der Waals surface area (Å²) in [7, 11) is 0. The minimum atomic E-state index is -1.09. The Kier molecular flexibility index (Phi) is 10.8. The minimum absolute atomic E-state index is 0.307. The van der Waals surface area contributed by atoms with Crippen molar-refractivity contribution in [1.29, 1.82) is 0 Å². The molecule has 4 aromatic rings. The first-order valence-electron chi connectivity index (χ1n) is 16.6. The van der Waals surface area contributed by atoms with Gasteiger partial charge in [0.2, 0.25) is 11.8 Å². The van der Waals surface area contributed by atoms with Gasteiger partial charge in [-0.25, -0.2) is 4.39 Å². The van der Waals surface area contributed by atoms with Gasteiger partial charge in [-0.3, -0.25) is 19.5 Å². The fourth-order valence-electron chi connectivity index (χ4n) is 6.34. The van der Waals surface area contributed by atoms with Crippen molar-refractivity contribution in [2.75, 3.05) is 43.5 Å². The zero-order valence-electron chi connectivity index (χ0n) is 26.9. The molecule has 7 nitrogen and oxygen atoms in total. The lowest BCUT2D eigenvalue weighted by atomic mass is 9.98. The average molecular weight is 749 g/mol. The summed E-state index contributed by atoms with van der Waals surface area (Å²) in [6.07, 6.45) is 9.35. The Morgan fingerprint density at radius 3 is 2.40 bits per heavy atom. The monoisotopic (exact) mass is 748 g/mol. The SMILES string of the molecule is Cc1cc(CCc2ccnc3cc(CCCCCN4CCOCC4)c(I)cc23)ccc1NC(=O)C1(C(=O)Nc2ccc(F)cc2)CC1. The summed E-state index contributed by atoms with van der Waals surface area (Å²) in [4.78, 5) is 33.4. The third-order valence-electron chi connectivity index (χ3n) is 9.47. The number of halogens is 2. The fraction of sp³-hybridized carbons (Fsp3) is 0.395. The number of ether oxygens (including phenoxy) is 1. The van der Waals surface area contributed by atoms with Crippen LogP contribution in [0.3, 0.4) is 0 Å². The highest BCUT2D eigenvalue weighted by molar-refractivity contribution is 14.1. The van der Waals surface area contributed by atoms with E-state index in [9.17, 15) is 14.0 Å². The van der Waals surface area contributed by atoms with Crippen LogP contribution in [0.25, 0.3) is 10.9 Å². The van der Waals surface area contributed by atoms with Gasteiger partial charge in [-0.05, 0) is 152 Å². The summed E-state index contributed by atoms with van der Waals surface area (Å²) in [6.45, 7) is 6.99. The maximum Gasteiger partial charge on any atom is 0.240 e. The molecule has 6 rings (SSSR count). The lowest BCUT2D eigenvalue weighted by Gasteiger charge is -2.26. The normalized spacial score (nSPS) is 15.8. The molecule has 246 valence electrons. The van der Waals surface area contributed by atoms with Crippen molar-refractivity contribution in [3.05, 3.63) is 98.5 Å². The van der Waals surface area contributed by atoms with Gasteiger partial charge in [-0.15, -0.1) is 0 Å². The number of nitrogens with zero attached hydrogens (tertiary/aromatic N) is 2. The van der Waals surface area contributed by atoms with Gasteiger partial charge in [0.05, 0.1) is 18.7 Å². The van der Waals surface area contributed by atoms with E-state index < -0.39 is 5.41 Å². The molecule has 2 amide bonds. The standard InChI is InChI=1S/C38H42FIN4O3/c1-26-23-27(7-13-34(26)43-37(46)38(15-16-38)36(45)42-31-11-9-30(39)10-12-31)6-8-28-14-17-41-35-24-29(33(40)25-32(28)35)5-3-2-4-18-44-19-21-47-22-20-44/h7,9-14,17,23-25H,2-6,8,15-16,18-22H2,1H3,(H,42,45)(H,43,46). The van der Waals surface area contributed by atoms with Crippen LogP contribution >= 0.6 is 22.6 Å². The molecule has 0 bridgehead atoms. The van der Waals surface area contributed by atoms with Crippen LogP contribution in [0.5, 0.6) is 0 Å². The molecule has 1 aliphatic carbocycles. The highest BCUT2D eigenvalue weighted by atomic mass is 127. The Morgan fingerprint density at radius 2 is 1.66 bits per heavy atom. The van der Waals surface area contributed by atoms with E-state index in [0.717, 1.165) is 56.6 Å². The fourth-order valence-corrected chi connectivity index (χ4v) is 7.07. The number of rotatable bonds is 13. The van der Waals surface area contributed by atoms with E-state index in [-0.39, 0.29) is 17.6 Å². The second-order valence-electron chi connectivity index (χ2n) is 12.8. The molecular formula is C38H42FIN4O3. The van der Waals surface area contributed by atoms with E-state index in [0.29, 0.717) is 24.2 Å². The number of amides is 2. The molecule has 0 spiro atoms. The molecular weight excluding hydrogens is 706 g/mol. The molecule has 2 aliphatic rings. The zero-order valence-corrected chi connectivity index (χ0v) is 29.1. The molecule has 1 saturated carbocycles. The molecule has 1 aromatic heterocycles. The predicted octanol–water partition coefficient (Wildman–Crippen LogP) is 7.47. The van der Waals surface area contributed by atoms with Crippen molar-refractivity contribution in [1.82, 2.24) is 9.88 Å². The van der Waals surface area contributed by atoms with Crippen LogP contribution in [0, 0.1) is 21.7 Å². The van der Waals surface area contributed by atoms with E-state index in [1.54, 1.807) is 0 Å². The number of hydrogen-bond acceptors (Lipinski definition) is 5. The molecule has 1 aliphatic heterocycles. The Bertz CT molecular complexity index is 1740. The number of unbranched alkanes of at least 4 members (excludes halogenated alkanes) is 2. The number of nitrogens with one attached hydrogen (secondary N) is 2. The minimum Gasteiger partial charge on any atom is -0.379 e. The van der Waals surface area contributed by atoms with Crippen molar-refractivity contribution in [3.8, 4) is 0 Å². The first kappa shape index (κ1) is 33.5. The van der Waals surface area contributed by atoms with Crippen LogP contribution in [-0.4, -0.2) is 54.5 Å². The van der Waals surface area contributed by atoms with Gasteiger partial charge < -0.3 is 15.4 Å². The Labute approximate surface area is 289 Å². The number of benzene rings is 3. The van der Waals surface area contributed by atoms with Gasteiger partial charge in [0, 0.05) is 39.6 Å². The summed E-state index contributed by atoms with van der Waals surface area (Å²) < 4.78 is 20.0. The number of aryl methyl sites for hydroxylation is 4. The number of anilines is 2. The van der Waals surface area contributed by atoms with Gasteiger partial charge in [0.25, 0.3) is 0 Å². The molecule has 0 atom stereocenters. The first-order valence-corrected chi connectivity index (χ1v) is 17.7. The van der Waals surface area contributed by atoms with Crippen molar-refractivity contribution in [3.63, 3.8) is 0 Å². The number of morpholine rings is 1. The third-order valence-corrected chi connectivity index (χ3v) is 10.5. The number of pyridine rings is 1. The maximum atomic E-state index is 13.2. The number of carbonyl (C=O) groups is 2. The van der Waals surface area contributed by atoms with E-state index in [2.05, 4.69) is 62.4 Å². The summed E-state index contributed by atoms with van der Waals surface area (Å²) >= 11 is 2.48. The van der Waals surface area contributed by atoms with Crippen LogP contribution in [0.2, 0.25) is 0 Å². The highest BCUT2D eigenvalue weighted by Gasteiger charge is 2.56. The smallest absolute Gasteiger partial charge is 0.240 e. The first-order chi connectivity index (χ1) is 22.8. The van der Waals surface area contributed by atoms with E-state index in [1.807, 2.05) is 25.3 Å². The number of hydrogen-bond donors (Lipinski definition) is 2. The topological polar surface area (TPSA) is 83.6 Å². The van der Waals surface area contributed by atoms with Crippen molar-refractivity contribution >= 4 is 56.7 Å². The molecule has 9 heteroatoms. The Balaban J connectivity index is 1.02. The van der Waals surface area contributed by atoms with E-state index in [4.69, 9.17) is 9.72 Å². The van der Waals surface area contributed by atoms with Gasteiger partial charge in [0.15, 0.2) is 0 Å². The van der Waals surface area contributed by atoms with Crippen LogP contribution in [0.1, 0.15) is 54.4 Å². The number of fused-ring (bicyclic) bond motifs is 1. The highest BCUT2D eigenvalue weighted by Crippen LogP contribution is 2.47. The van der Waals surface area contributed by atoms with E-state index >= 15 is 0 Å². The lowest BCUT2D eigenvalue weighted by molar-refractivity contribution is -0.131. The van der Waals surface area contributed by atoms with Gasteiger partial charge >= 0.3 is 0 Å². The summed E-state index contributed by atoms with van der Waals surface area (Å²) in [5, 5.41) is 6.96. The number of carbonyl (C=O) groups excluding carboxylic acids is 2. The summed E-state index contributed by atoms with van der Waals surface area (Å²) in [5.41, 5.74) is 5.93. The second kappa shape index (κ2) is 15.2. The number of aromatic nitrogens is 1. The molecule has 2 N–H and O–H groups in total. The third kappa shape index (κ3) is 8.36. The van der Waals surface area contributed by atoms with Crippen LogP contribution in [-0.2, 0) is 33.6 Å². The van der Waals surface area contributed by atoms with E-state index in [1.165, 1.54) is 75.7 Å². The zero-order chi connectivity index (χ0) is 32.8.